The quantitative estimate of drug-likeness (QED) is 0.719. The molecule has 1 aliphatic heterocycles. The van der Waals surface area contributed by atoms with Gasteiger partial charge in [-0.2, -0.15) is 0 Å². The van der Waals surface area contributed by atoms with Crippen LogP contribution in [-0.4, -0.2) is 23.0 Å². The van der Waals surface area contributed by atoms with Crippen LogP contribution in [0.3, 0.4) is 0 Å². The Hall–Kier alpha value is -1.71. The van der Waals surface area contributed by atoms with Crippen molar-refractivity contribution < 1.29 is 0 Å². The van der Waals surface area contributed by atoms with Crippen LogP contribution in [0, 0.1) is 6.92 Å². The first kappa shape index (κ1) is 13.0. The maximum Gasteiger partial charge on any atom is 0.0348 e. The molecule has 2 aromatic heterocycles. The average Bonchev–Trinajstić information content (AvgIpc) is 2.79. The van der Waals surface area contributed by atoms with Crippen LogP contribution >= 0.6 is 11.3 Å². The van der Waals surface area contributed by atoms with Gasteiger partial charge in [0, 0.05) is 47.5 Å². The number of rotatable bonds is 3. The van der Waals surface area contributed by atoms with E-state index in [1.165, 1.54) is 26.1 Å². The normalized spacial score (nSPS) is 16.2. The number of aryl methyl sites for hydroxylation is 1. The minimum absolute atomic E-state index is 0.679. The molecule has 1 aliphatic rings. The summed E-state index contributed by atoms with van der Waals surface area (Å²) in [6, 6.07) is 13.1. The van der Waals surface area contributed by atoms with Gasteiger partial charge in [-0.1, -0.05) is 18.2 Å². The van der Waals surface area contributed by atoms with Crippen LogP contribution < -0.4 is 0 Å². The Labute approximate surface area is 129 Å². The summed E-state index contributed by atoms with van der Waals surface area (Å²) in [5, 5.41) is 1.44. The van der Waals surface area contributed by atoms with Gasteiger partial charge in [-0.05, 0) is 41.6 Å². The Morgan fingerprint density at radius 3 is 2.71 bits per heavy atom. The summed E-state index contributed by atoms with van der Waals surface area (Å²) < 4.78 is 1.41. The number of hydrogen-bond donors (Lipinski definition) is 0. The van der Waals surface area contributed by atoms with E-state index in [0.717, 1.165) is 19.6 Å². The van der Waals surface area contributed by atoms with Crippen molar-refractivity contribution in [1.82, 2.24) is 9.88 Å². The van der Waals surface area contributed by atoms with Crippen molar-refractivity contribution in [1.29, 1.82) is 0 Å². The van der Waals surface area contributed by atoms with Gasteiger partial charge in [-0.3, -0.25) is 9.88 Å². The Balaban J connectivity index is 1.49. The highest BCUT2D eigenvalue weighted by Crippen LogP contribution is 2.34. The molecule has 3 heteroatoms. The number of nitrogens with zero attached hydrogens (tertiary/aromatic N) is 2. The number of aromatic nitrogens is 1. The van der Waals surface area contributed by atoms with Crippen molar-refractivity contribution in [2.45, 2.75) is 19.4 Å². The highest BCUT2D eigenvalue weighted by Gasteiger charge is 2.28. The third-order valence-electron chi connectivity index (χ3n) is 4.42. The molecule has 0 saturated carbocycles. The van der Waals surface area contributed by atoms with Gasteiger partial charge in [-0.15, -0.1) is 11.3 Å². The number of likely N-dealkylation sites (tertiary alicyclic amines) is 1. The van der Waals surface area contributed by atoms with Gasteiger partial charge in [-0.25, -0.2) is 0 Å². The molecule has 0 unspecified atom stereocenters. The van der Waals surface area contributed by atoms with E-state index < -0.39 is 0 Å². The fourth-order valence-corrected chi connectivity index (χ4v) is 4.26. The molecule has 1 saturated heterocycles. The molecule has 2 nitrogen and oxygen atoms in total. The predicted molar refractivity (Wildman–Crippen MR) is 88.8 cm³/mol. The molecule has 0 atom stereocenters. The monoisotopic (exact) mass is 294 g/mol. The van der Waals surface area contributed by atoms with Gasteiger partial charge in [0.15, 0.2) is 0 Å². The van der Waals surface area contributed by atoms with Crippen LogP contribution in [0.5, 0.6) is 0 Å². The van der Waals surface area contributed by atoms with Gasteiger partial charge in [0.25, 0.3) is 0 Å². The summed E-state index contributed by atoms with van der Waals surface area (Å²) in [4.78, 5) is 8.11. The molecule has 1 aromatic carbocycles. The first-order chi connectivity index (χ1) is 10.3. The molecule has 1 fully saturated rings. The first-order valence-corrected chi connectivity index (χ1v) is 8.22. The molecule has 4 rings (SSSR count). The molecule has 0 N–H and O–H groups in total. The van der Waals surface area contributed by atoms with E-state index in [-0.39, 0.29) is 0 Å². The van der Waals surface area contributed by atoms with Gasteiger partial charge in [0.05, 0.1) is 0 Å². The van der Waals surface area contributed by atoms with Crippen molar-refractivity contribution in [3.05, 3.63) is 64.8 Å². The lowest BCUT2D eigenvalue weighted by Gasteiger charge is -2.39. The van der Waals surface area contributed by atoms with Crippen LogP contribution in [-0.2, 0) is 6.54 Å². The predicted octanol–water partition coefficient (Wildman–Crippen LogP) is 4.20. The lowest BCUT2D eigenvalue weighted by molar-refractivity contribution is 0.140. The summed E-state index contributed by atoms with van der Waals surface area (Å²) in [6.45, 7) is 5.65. The zero-order valence-corrected chi connectivity index (χ0v) is 12.9. The molecule has 0 bridgehead atoms. The molecule has 0 aliphatic carbocycles. The van der Waals surface area contributed by atoms with Gasteiger partial charge in [0.2, 0.25) is 0 Å². The third-order valence-corrected chi connectivity index (χ3v) is 5.55. The van der Waals surface area contributed by atoms with Crippen molar-refractivity contribution in [2.24, 2.45) is 0 Å². The Morgan fingerprint density at radius 2 is 1.90 bits per heavy atom. The molecule has 21 heavy (non-hydrogen) atoms. The number of benzene rings is 1. The number of pyridine rings is 1. The van der Waals surface area contributed by atoms with E-state index in [1.54, 1.807) is 0 Å². The van der Waals surface area contributed by atoms with Crippen molar-refractivity contribution in [2.75, 3.05) is 13.1 Å². The van der Waals surface area contributed by atoms with Gasteiger partial charge in [0.1, 0.15) is 0 Å². The Morgan fingerprint density at radius 1 is 1.14 bits per heavy atom. The van der Waals surface area contributed by atoms with E-state index >= 15 is 0 Å². The van der Waals surface area contributed by atoms with E-state index in [9.17, 15) is 0 Å². The summed E-state index contributed by atoms with van der Waals surface area (Å²) in [5.74, 6) is 0.679. The second-order valence-electron chi connectivity index (χ2n) is 5.80. The molecule has 3 heterocycles. The first-order valence-electron chi connectivity index (χ1n) is 7.40. The average molecular weight is 294 g/mol. The van der Waals surface area contributed by atoms with Crippen LogP contribution in [0.25, 0.3) is 10.1 Å². The summed E-state index contributed by atoms with van der Waals surface area (Å²) in [5.41, 5.74) is 2.94. The maximum absolute atomic E-state index is 4.10. The van der Waals surface area contributed by atoms with Gasteiger partial charge >= 0.3 is 0 Å². The third kappa shape index (κ3) is 2.37. The van der Waals surface area contributed by atoms with E-state index in [0.29, 0.717) is 5.92 Å². The number of hydrogen-bond acceptors (Lipinski definition) is 3. The van der Waals surface area contributed by atoms with Crippen molar-refractivity contribution >= 4 is 21.4 Å². The molecule has 0 spiro atoms. The SMILES string of the molecule is Cc1sc2ccccc2c1CN1CC(c2ccncc2)C1. The second-order valence-corrected chi connectivity index (χ2v) is 7.06. The van der Waals surface area contributed by atoms with Crippen LogP contribution in [0.2, 0.25) is 0 Å². The van der Waals surface area contributed by atoms with Crippen molar-refractivity contribution in [3.63, 3.8) is 0 Å². The molecule has 0 radical (unpaired) electrons. The Bertz CT molecular complexity index is 757. The zero-order chi connectivity index (χ0) is 14.2. The molecular formula is C18H18N2S. The lowest BCUT2D eigenvalue weighted by Crippen LogP contribution is -2.44. The summed E-state index contributed by atoms with van der Waals surface area (Å²) in [7, 11) is 0. The zero-order valence-electron chi connectivity index (χ0n) is 12.1. The molecule has 106 valence electrons. The van der Waals surface area contributed by atoms with Gasteiger partial charge < -0.3 is 0 Å². The smallest absolute Gasteiger partial charge is 0.0348 e. The molecule has 0 amide bonds. The van der Waals surface area contributed by atoms with E-state index in [4.69, 9.17) is 0 Å². The molecule has 3 aromatic rings. The standard InChI is InChI=1S/C18H18N2S/c1-13-17(16-4-2-3-5-18(16)21-13)12-20-10-15(11-20)14-6-8-19-9-7-14/h2-9,15H,10-12H2,1H3. The van der Waals surface area contributed by atoms with Crippen LogP contribution in [0.4, 0.5) is 0 Å². The van der Waals surface area contributed by atoms with E-state index in [1.807, 2.05) is 23.7 Å². The maximum atomic E-state index is 4.10. The van der Waals surface area contributed by atoms with Crippen LogP contribution in [0.15, 0.2) is 48.8 Å². The minimum atomic E-state index is 0.679. The fraction of sp³-hybridized carbons (Fsp3) is 0.278. The fourth-order valence-electron chi connectivity index (χ4n) is 3.19. The highest BCUT2D eigenvalue weighted by atomic mass is 32.1. The number of thiophene rings is 1. The summed E-state index contributed by atoms with van der Waals surface area (Å²) in [6.07, 6.45) is 3.79. The highest BCUT2D eigenvalue weighted by molar-refractivity contribution is 7.19. The number of fused-ring (bicyclic) bond motifs is 1. The lowest BCUT2D eigenvalue weighted by atomic mass is 9.91. The minimum Gasteiger partial charge on any atom is -0.298 e. The second kappa shape index (κ2) is 5.24. The topological polar surface area (TPSA) is 16.1 Å². The van der Waals surface area contributed by atoms with Crippen molar-refractivity contribution in [3.8, 4) is 0 Å². The van der Waals surface area contributed by atoms with Crippen LogP contribution in [0.1, 0.15) is 21.9 Å². The largest absolute Gasteiger partial charge is 0.298 e. The van der Waals surface area contributed by atoms with E-state index in [2.05, 4.69) is 53.2 Å². The summed E-state index contributed by atoms with van der Waals surface area (Å²) >= 11 is 1.92. The molecular weight excluding hydrogens is 276 g/mol. The Kier molecular flexibility index (Phi) is 3.24.